The normalized spacial score (nSPS) is 13.1. The molecule has 0 saturated carbocycles. The Labute approximate surface area is 148 Å². The molecule has 132 valence electrons. The van der Waals surface area contributed by atoms with E-state index in [-0.39, 0.29) is 12.5 Å². The van der Waals surface area contributed by atoms with Crippen LogP contribution in [0.1, 0.15) is 18.4 Å². The van der Waals surface area contributed by atoms with E-state index in [1.807, 2.05) is 36.4 Å². The van der Waals surface area contributed by atoms with Crippen LogP contribution in [0.5, 0.6) is 5.75 Å². The van der Waals surface area contributed by atoms with Crippen LogP contribution in [-0.4, -0.2) is 37.3 Å². The third kappa shape index (κ3) is 4.73. The Bertz CT molecular complexity index is 703. The molecule has 2 aromatic rings. The van der Waals surface area contributed by atoms with E-state index in [4.69, 9.17) is 9.84 Å². The van der Waals surface area contributed by atoms with Gasteiger partial charge in [-0.05, 0) is 48.7 Å². The van der Waals surface area contributed by atoms with E-state index in [1.165, 1.54) is 0 Å². The van der Waals surface area contributed by atoms with Gasteiger partial charge < -0.3 is 20.1 Å². The Morgan fingerprint density at radius 2 is 1.92 bits per heavy atom. The van der Waals surface area contributed by atoms with Gasteiger partial charge in [-0.2, -0.15) is 0 Å². The number of para-hydroxylation sites is 1. The summed E-state index contributed by atoms with van der Waals surface area (Å²) in [5, 5.41) is 12.0. The van der Waals surface area contributed by atoms with Crippen LogP contribution < -0.4 is 15.0 Å². The molecule has 0 spiro atoms. The molecule has 5 nitrogen and oxygen atoms in total. The number of nitrogens with one attached hydrogen (secondary N) is 1. The fraction of sp³-hybridized carbons (Fsp3) is 0.350. The molecule has 1 heterocycles. The zero-order chi connectivity index (χ0) is 17.5. The van der Waals surface area contributed by atoms with Crippen molar-refractivity contribution in [3.05, 3.63) is 54.1 Å². The van der Waals surface area contributed by atoms with Crippen LogP contribution in [0.4, 0.5) is 11.4 Å². The number of carbonyl (C=O) groups excluding carboxylic acids is 1. The predicted molar refractivity (Wildman–Crippen MR) is 99.2 cm³/mol. The number of fused-ring (bicyclic) bond motifs is 1. The van der Waals surface area contributed by atoms with Crippen LogP contribution in [0.25, 0.3) is 0 Å². The van der Waals surface area contributed by atoms with Crippen LogP contribution in [0.15, 0.2) is 48.5 Å². The minimum atomic E-state index is 0.0727. The number of aliphatic hydroxyl groups excluding tert-OH is 1. The molecular weight excluding hydrogens is 316 g/mol. The van der Waals surface area contributed by atoms with Gasteiger partial charge in [-0.1, -0.05) is 18.2 Å². The average Bonchev–Trinajstić information content (AvgIpc) is 2.65. The summed E-state index contributed by atoms with van der Waals surface area (Å²) in [6.07, 6.45) is 2.01. The Balaban J connectivity index is 1.57. The number of aliphatic hydroxyl groups is 1. The van der Waals surface area contributed by atoms with Crippen LogP contribution in [0.3, 0.4) is 0 Å². The first kappa shape index (κ1) is 17.3. The highest BCUT2D eigenvalue weighted by Gasteiger charge is 2.15. The Hall–Kier alpha value is -2.53. The molecule has 25 heavy (non-hydrogen) atoms. The van der Waals surface area contributed by atoms with Gasteiger partial charge in [0, 0.05) is 30.9 Å². The van der Waals surface area contributed by atoms with Gasteiger partial charge in [-0.3, -0.25) is 4.79 Å². The van der Waals surface area contributed by atoms with Gasteiger partial charge >= 0.3 is 0 Å². The number of rotatable bonds is 8. The lowest BCUT2D eigenvalue weighted by atomic mass is 10.0. The fourth-order valence-corrected chi connectivity index (χ4v) is 2.99. The number of nitrogens with zero attached hydrogens (tertiary/aromatic N) is 1. The summed E-state index contributed by atoms with van der Waals surface area (Å²) >= 11 is 0. The second-order valence-electron chi connectivity index (χ2n) is 6.12. The van der Waals surface area contributed by atoms with Crippen molar-refractivity contribution in [2.45, 2.75) is 19.3 Å². The maximum Gasteiger partial charge on any atom is 0.224 e. The van der Waals surface area contributed by atoms with Gasteiger partial charge in [0.15, 0.2) is 0 Å². The van der Waals surface area contributed by atoms with Crippen molar-refractivity contribution >= 4 is 17.3 Å². The molecule has 0 atom stereocenters. The smallest absolute Gasteiger partial charge is 0.224 e. The van der Waals surface area contributed by atoms with Crippen molar-refractivity contribution in [2.24, 2.45) is 0 Å². The second-order valence-corrected chi connectivity index (χ2v) is 6.12. The summed E-state index contributed by atoms with van der Waals surface area (Å²) in [4.78, 5) is 13.6. The maximum atomic E-state index is 11.4. The number of ether oxygens (including phenoxy) is 1. The topological polar surface area (TPSA) is 61.8 Å². The second kappa shape index (κ2) is 8.53. The highest BCUT2D eigenvalue weighted by atomic mass is 16.5. The summed E-state index contributed by atoms with van der Waals surface area (Å²) in [7, 11) is 0. The van der Waals surface area contributed by atoms with Gasteiger partial charge in [-0.25, -0.2) is 0 Å². The third-order valence-corrected chi connectivity index (χ3v) is 4.31. The van der Waals surface area contributed by atoms with Gasteiger partial charge in [0.2, 0.25) is 5.91 Å². The van der Waals surface area contributed by atoms with Crippen molar-refractivity contribution in [3.8, 4) is 5.75 Å². The highest BCUT2D eigenvalue weighted by molar-refractivity contribution is 5.93. The van der Waals surface area contributed by atoms with Gasteiger partial charge in [-0.15, -0.1) is 0 Å². The van der Waals surface area contributed by atoms with Crippen LogP contribution in [0.2, 0.25) is 0 Å². The molecule has 1 aliphatic rings. The quantitative estimate of drug-likeness (QED) is 0.776. The van der Waals surface area contributed by atoms with Gasteiger partial charge in [0.05, 0.1) is 6.54 Å². The Morgan fingerprint density at radius 1 is 1.08 bits per heavy atom. The van der Waals surface area contributed by atoms with Crippen molar-refractivity contribution in [1.82, 2.24) is 0 Å². The Morgan fingerprint density at radius 3 is 2.72 bits per heavy atom. The summed E-state index contributed by atoms with van der Waals surface area (Å²) in [5.74, 6) is 0.897. The SMILES string of the molecule is O=C1CCc2cc(OCCN(CCCO)c3ccccc3)ccc2N1. The molecule has 0 aliphatic carbocycles. The molecule has 1 amide bonds. The highest BCUT2D eigenvalue weighted by Crippen LogP contribution is 2.26. The van der Waals surface area contributed by atoms with E-state index < -0.39 is 0 Å². The molecule has 2 aromatic carbocycles. The van der Waals surface area contributed by atoms with E-state index in [2.05, 4.69) is 22.3 Å². The van der Waals surface area contributed by atoms with Gasteiger partial charge in [0.25, 0.3) is 0 Å². The average molecular weight is 340 g/mol. The summed E-state index contributed by atoms with van der Waals surface area (Å²) in [6, 6.07) is 16.0. The summed E-state index contributed by atoms with van der Waals surface area (Å²) in [6.45, 7) is 2.28. The van der Waals surface area contributed by atoms with E-state index in [1.54, 1.807) is 0 Å². The van der Waals surface area contributed by atoms with Crippen LogP contribution in [-0.2, 0) is 11.2 Å². The zero-order valence-corrected chi connectivity index (χ0v) is 14.3. The van der Waals surface area contributed by atoms with Crippen molar-refractivity contribution in [1.29, 1.82) is 0 Å². The van der Waals surface area contributed by atoms with Crippen molar-refractivity contribution < 1.29 is 14.6 Å². The lowest BCUT2D eigenvalue weighted by Crippen LogP contribution is -2.29. The molecule has 0 saturated heterocycles. The van der Waals surface area contributed by atoms with Crippen molar-refractivity contribution in [2.75, 3.05) is 36.5 Å². The molecule has 0 unspecified atom stereocenters. The first-order chi connectivity index (χ1) is 12.3. The van der Waals surface area contributed by atoms with E-state index >= 15 is 0 Å². The standard InChI is InChI=1S/C20H24N2O3/c23-13-4-11-22(17-5-2-1-3-6-17)12-14-25-18-8-9-19-16(15-18)7-10-20(24)21-19/h1-3,5-6,8-9,15,23H,4,7,10-14H2,(H,21,24). The number of amides is 1. The monoisotopic (exact) mass is 340 g/mol. The lowest BCUT2D eigenvalue weighted by molar-refractivity contribution is -0.116. The molecule has 5 heteroatoms. The molecule has 0 radical (unpaired) electrons. The van der Waals surface area contributed by atoms with E-state index in [9.17, 15) is 4.79 Å². The Kier molecular flexibility index (Phi) is 5.90. The third-order valence-electron chi connectivity index (χ3n) is 4.31. The molecule has 2 N–H and O–H groups in total. The van der Waals surface area contributed by atoms with E-state index in [0.29, 0.717) is 13.0 Å². The van der Waals surface area contributed by atoms with Crippen LogP contribution in [0, 0.1) is 0 Å². The van der Waals surface area contributed by atoms with Crippen molar-refractivity contribution in [3.63, 3.8) is 0 Å². The summed E-state index contributed by atoms with van der Waals surface area (Å²) in [5.41, 5.74) is 3.14. The molecule has 0 aromatic heterocycles. The minimum absolute atomic E-state index is 0.0727. The van der Waals surface area contributed by atoms with E-state index in [0.717, 1.165) is 48.6 Å². The molecule has 3 rings (SSSR count). The fourth-order valence-electron chi connectivity index (χ4n) is 2.99. The first-order valence-electron chi connectivity index (χ1n) is 8.73. The predicted octanol–water partition coefficient (Wildman–Crippen LogP) is 2.84. The largest absolute Gasteiger partial charge is 0.492 e. The van der Waals surface area contributed by atoms with Gasteiger partial charge in [0.1, 0.15) is 12.4 Å². The summed E-state index contributed by atoms with van der Waals surface area (Å²) < 4.78 is 5.91. The number of benzene rings is 2. The molecular formula is C20H24N2O3. The maximum absolute atomic E-state index is 11.4. The molecule has 0 fully saturated rings. The lowest BCUT2D eigenvalue weighted by Gasteiger charge is -2.25. The minimum Gasteiger partial charge on any atom is -0.492 e. The number of hydrogen-bond donors (Lipinski definition) is 2. The molecule has 0 bridgehead atoms. The number of aryl methyl sites for hydroxylation is 1. The number of anilines is 2. The first-order valence-corrected chi connectivity index (χ1v) is 8.73. The molecule has 1 aliphatic heterocycles. The van der Waals surface area contributed by atoms with Crippen LogP contribution >= 0.6 is 0 Å². The number of hydrogen-bond acceptors (Lipinski definition) is 4. The zero-order valence-electron chi connectivity index (χ0n) is 14.3. The number of carbonyl (C=O) groups is 1.